The zero-order chi connectivity index (χ0) is 18.4. The van der Waals surface area contributed by atoms with Crippen molar-refractivity contribution in [3.8, 4) is 5.75 Å². The molecule has 3 rings (SSSR count). The first-order chi connectivity index (χ1) is 12.7. The summed E-state index contributed by atoms with van der Waals surface area (Å²) >= 11 is 5.26. The smallest absolute Gasteiger partial charge is 0.216 e. The molecule has 3 aromatic rings. The Balaban J connectivity index is 1.79. The molecular formula is C20H22N4OS. The van der Waals surface area contributed by atoms with E-state index >= 15 is 0 Å². The quantitative estimate of drug-likeness (QED) is 0.489. The van der Waals surface area contributed by atoms with Crippen LogP contribution >= 0.6 is 12.2 Å². The summed E-state index contributed by atoms with van der Waals surface area (Å²) in [6.07, 6.45) is 3.55. The fourth-order valence-electron chi connectivity index (χ4n) is 2.63. The molecule has 1 N–H and O–H groups in total. The molecule has 1 aromatic heterocycles. The molecule has 0 aliphatic heterocycles. The van der Waals surface area contributed by atoms with Crippen molar-refractivity contribution in [2.24, 2.45) is 5.10 Å². The number of nitrogens with one attached hydrogen (secondary N) is 1. The molecule has 0 amide bonds. The van der Waals surface area contributed by atoms with Crippen LogP contribution in [0.4, 0.5) is 0 Å². The van der Waals surface area contributed by atoms with E-state index in [1.165, 1.54) is 5.56 Å². The van der Waals surface area contributed by atoms with Crippen molar-refractivity contribution in [2.45, 2.75) is 33.3 Å². The SMILES string of the molecule is CCCc1n[nH]c(=S)n1/N=C/c1ccccc1OCc1cccc(C)c1. The maximum absolute atomic E-state index is 6.01. The van der Waals surface area contributed by atoms with Gasteiger partial charge in [-0.05, 0) is 43.3 Å². The van der Waals surface area contributed by atoms with Gasteiger partial charge in [-0.25, -0.2) is 0 Å². The van der Waals surface area contributed by atoms with E-state index in [0.717, 1.165) is 35.5 Å². The van der Waals surface area contributed by atoms with Crippen LogP contribution in [0.2, 0.25) is 0 Å². The van der Waals surface area contributed by atoms with Gasteiger partial charge in [0.2, 0.25) is 4.77 Å². The minimum absolute atomic E-state index is 0.489. The third kappa shape index (κ3) is 4.46. The van der Waals surface area contributed by atoms with Crippen LogP contribution in [0.3, 0.4) is 0 Å². The van der Waals surface area contributed by atoms with Gasteiger partial charge in [-0.15, -0.1) is 0 Å². The summed E-state index contributed by atoms with van der Waals surface area (Å²) in [4.78, 5) is 0. The largest absolute Gasteiger partial charge is 0.488 e. The third-order valence-electron chi connectivity index (χ3n) is 3.90. The van der Waals surface area contributed by atoms with Crippen molar-refractivity contribution in [1.82, 2.24) is 14.9 Å². The van der Waals surface area contributed by atoms with Crippen LogP contribution in [-0.4, -0.2) is 21.1 Å². The molecular weight excluding hydrogens is 344 g/mol. The first-order valence-corrected chi connectivity index (χ1v) is 9.06. The Morgan fingerprint density at radius 1 is 1.23 bits per heavy atom. The van der Waals surface area contributed by atoms with E-state index in [-0.39, 0.29) is 0 Å². The molecule has 6 heteroatoms. The van der Waals surface area contributed by atoms with Crippen LogP contribution in [0.5, 0.6) is 5.75 Å². The highest BCUT2D eigenvalue weighted by atomic mass is 32.1. The van der Waals surface area contributed by atoms with E-state index in [9.17, 15) is 0 Å². The van der Waals surface area contributed by atoms with Crippen LogP contribution in [-0.2, 0) is 13.0 Å². The van der Waals surface area contributed by atoms with Gasteiger partial charge in [-0.1, -0.05) is 48.9 Å². The molecule has 0 aliphatic rings. The van der Waals surface area contributed by atoms with E-state index < -0.39 is 0 Å². The summed E-state index contributed by atoms with van der Waals surface area (Å²) in [5.41, 5.74) is 3.25. The second-order valence-corrected chi connectivity index (χ2v) is 6.45. The first-order valence-electron chi connectivity index (χ1n) is 8.65. The Bertz CT molecular complexity index is 958. The number of rotatable bonds is 7. The van der Waals surface area contributed by atoms with E-state index in [4.69, 9.17) is 17.0 Å². The van der Waals surface area contributed by atoms with Gasteiger partial charge in [0.25, 0.3) is 0 Å². The van der Waals surface area contributed by atoms with Crippen molar-refractivity contribution in [3.05, 3.63) is 75.8 Å². The average molecular weight is 366 g/mol. The van der Waals surface area contributed by atoms with Crippen molar-refractivity contribution in [3.63, 3.8) is 0 Å². The van der Waals surface area contributed by atoms with E-state index in [1.54, 1.807) is 10.9 Å². The third-order valence-corrected chi connectivity index (χ3v) is 4.16. The van der Waals surface area contributed by atoms with Gasteiger partial charge in [0.05, 0.1) is 6.21 Å². The molecule has 0 bridgehead atoms. The van der Waals surface area contributed by atoms with Crippen molar-refractivity contribution < 1.29 is 4.74 Å². The number of aromatic nitrogens is 3. The highest BCUT2D eigenvalue weighted by molar-refractivity contribution is 7.71. The molecule has 134 valence electrons. The average Bonchev–Trinajstić information content (AvgIpc) is 2.99. The van der Waals surface area contributed by atoms with Gasteiger partial charge in [0, 0.05) is 12.0 Å². The predicted molar refractivity (Wildman–Crippen MR) is 106 cm³/mol. The molecule has 2 aromatic carbocycles. The fraction of sp³-hybridized carbons (Fsp3) is 0.250. The second kappa shape index (κ2) is 8.58. The zero-order valence-electron chi connectivity index (χ0n) is 15.0. The predicted octanol–water partition coefficient (Wildman–Crippen LogP) is 4.66. The Hall–Kier alpha value is -2.73. The molecule has 0 saturated carbocycles. The maximum Gasteiger partial charge on any atom is 0.216 e. The molecule has 0 fully saturated rings. The minimum atomic E-state index is 0.489. The minimum Gasteiger partial charge on any atom is -0.488 e. The molecule has 0 spiro atoms. The normalized spacial score (nSPS) is 11.2. The standard InChI is InChI=1S/C20H22N4OS/c1-3-7-19-22-23-20(26)24(19)21-13-17-10-4-5-11-18(17)25-14-16-9-6-8-15(2)12-16/h4-6,8-13H,3,7,14H2,1-2H3,(H,23,26)/b21-13+. The van der Waals surface area contributed by atoms with Crippen LogP contribution < -0.4 is 4.74 Å². The monoisotopic (exact) mass is 366 g/mol. The molecule has 5 nitrogen and oxygen atoms in total. The van der Waals surface area contributed by atoms with Crippen LogP contribution in [0.25, 0.3) is 0 Å². The van der Waals surface area contributed by atoms with Crippen molar-refractivity contribution in [1.29, 1.82) is 0 Å². The summed E-state index contributed by atoms with van der Waals surface area (Å²) < 4.78 is 8.16. The molecule has 0 atom stereocenters. The Morgan fingerprint density at radius 2 is 2.08 bits per heavy atom. The molecule has 26 heavy (non-hydrogen) atoms. The van der Waals surface area contributed by atoms with Crippen LogP contribution in [0.1, 0.15) is 35.9 Å². The lowest BCUT2D eigenvalue weighted by molar-refractivity contribution is 0.305. The van der Waals surface area contributed by atoms with E-state index in [2.05, 4.69) is 47.3 Å². The number of nitrogens with zero attached hydrogens (tertiary/aromatic N) is 3. The van der Waals surface area contributed by atoms with Crippen LogP contribution in [0.15, 0.2) is 53.6 Å². The van der Waals surface area contributed by atoms with Crippen LogP contribution in [0, 0.1) is 11.7 Å². The second-order valence-electron chi connectivity index (χ2n) is 6.07. The summed E-state index contributed by atoms with van der Waals surface area (Å²) in [5.74, 6) is 1.61. The van der Waals surface area contributed by atoms with Gasteiger partial charge in [0.1, 0.15) is 12.4 Å². The topological polar surface area (TPSA) is 55.2 Å². The highest BCUT2D eigenvalue weighted by Gasteiger charge is 2.05. The number of aromatic amines is 1. The van der Waals surface area contributed by atoms with Gasteiger partial charge in [-0.3, -0.25) is 5.10 Å². The number of H-pyrrole nitrogens is 1. The van der Waals surface area contributed by atoms with E-state index in [0.29, 0.717) is 11.4 Å². The molecule has 0 aliphatic carbocycles. The number of aryl methyl sites for hydroxylation is 2. The first kappa shape index (κ1) is 18.1. The van der Waals surface area contributed by atoms with Gasteiger partial charge in [-0.2, -0.15) is 14.9 Å². The van der Waals surface area contributed by atoms with E-state index in [1.807, 2.05) is 30.3 Å². The van der Waals surface area contributed by atoms with Crippen molar-refractivity contribution in [2.75, 3.05) is 0 Å². The number of benzene rings is 2. The van der Waals surface area contributed by atoms with Gasteiger partial charge >= 0.3 is 0 Å². The molecule has 1 heterocycles. The summed E-state index contributed by atoms with van der Waals surface area (Å²) in [6.45, 7) is 4.69. The Labute approximate surface area is 158 Å². The van der Waals surface area contributed by atoms with Gasteiger partial charge < -0.3 is 4.74 Å². The zero-order valence-corrected chi connectivity index (χ0v) is 15.8. The molecule has 0 saturated heterocycles. The lowest BCUT2D eigenvalue weighted by Gasteiger charge is -2.09. The number of ether oxygens (including phenoxy) is 1. The summed E-state index contributed by atoms with van der Waals surface area (Å²) in [7, 11) is 0. The fourth-order valence-corrected chi connectivity index (χ4v) is 2.83. The Morgan fingerprint density at radius 3 is 2.88 bits per heavy atom. The maximum atomic E-state index is 6.01. The Kier molecular flexibility index (Phi) is 5.96. The lowest BCUT2D eigenvalue weighted by atomic mass is 10.1. The number of para-hydroxylation sites is 1. The van der Waals surface area contributed by atoms with Crippen molar-refractivity contribution >= 4 is 18.4 Å². The lowest BCUT2D eigenvalue weighted by Crippen LogP contribution is -2.01. The number of hydrogen-bond donors (Lipinski definition) is 1. The van der Waals surface area contributed by atoms with Gasteiger partial charge in [0.15, 0.2) is 5.82 Å². The molecule has 0 radical (unpaired) electrons. The molecule has 0 unspecified atom stereocenters. The summed E-state index contributed by atoms with van der Waals surface area (Å²) in [6, 6.07) is 16.1. The number of hydrogen-bond acceptors (Lipinski definition) is 4. The highest BCUT2D eigenvalue weighted by Crippen LogP contribution is 2.18. The summed E-state index contributed by atoms with van der Waals surface area (Å²) in [5, 5.41) is 11.5.